The summed E-state index contributed by atoms with van der Waals surface area (Å²) >= 11 is 0. The highest BCUT2D eigenvalue weighted by atomic mass is 16.6. The summed E-state index contributed by atoms with van der Waals surface area (Å²) in [4.78, 5) is 5.13. The molecule has 2 aliphatic rings. The Labute approximate surface area is 92.1 Å². The average molecular weight is 205 g/mol. The molecule has 0 heterocycles. The lowest BCUT2D eigenvalue weighted by atomic mass is 9.70. The lowest BCUT2D eigenvalue weighted by Crippen LogP contribution is -2.32. The first-order chi connectivity index (χ1) is 7.02. The Balaban J connectivity index is 2.19. The Morgan fingerprint density at radius 3 is 2.73 bits per heavy atom. The van der Waals surface area contributed by atoms with Crippen molar-refractivity contribution in [1.82, 2.24) is 0 Å². The van der Waals surface area contributed by atoms with Crippen LogP contribution in [0.25, 0.3) is 0 Å². The van der Waals surface area contributed by atoms with Gasteiger partial charge in [0.05, 0.1) is 5.71 Å². The third-order valence-corrected chi connectivity index (χ3v) is 4.83. The highest BCUT2D eigenvalue weighted by Crippen LogP contribution is 2.63. The third-order valence-electron chi connectivity index (χ3n) is 4.83. The summed E-state index contributed by atoms with van der Waals surface area (Å²) in [6, 6.07) is 0. The van der Waals surface area contributed by atoms with Crippen LogP contribution in [-0.4, -0.2) is 12.3 Å². The van der Waals surface area contributed by atoms with Crippen molar-refractivity contribution in [2.45, 2.75) is 40.0 Å². The van der Waals surface area contributed by atoms with Gasteiger partial charge in [0.1, 0.15) is 0 Å². The van der Waals surface area contributed by atoms with Crippen molar-refractivity contribution in [2.24, 2.45) is 21.9 Å². The SMILES string of the molecule is C#CCON=C1CC2CCC1(C)C2(C)C. The zero-order valence-corrected chi connectivity index (χ0v) is 9.84. The number of nitrogens with zero attached hydrogens (tertiary/aromatic N) is 1. The maximum atomic E-state index is 5.13. The standard InChI is InChI=1S/C13H19NO/c1-5-8-15-14-11-9-10-6-7-13(11,4)12(10,2)3/h1,10H,6-9H2,2-4H3. The number of fused-ring (bicyclic) bond motifs is 2. The van der Waals surface area contributed by atoms with Gasteiger partial charge in [0, 0.05) is 5.41 Å². The molecule has 0 saturated heterocycles. The Hall–Kier alpha value is -0.970. The van der Waals surface area contributed by atoms with E-state index in [4.69, 9.17) is 11.3 Å². The van der Waals surface area contributed by atoms with Crippen molar-refractivity contribution in [3.05, 3.63) is 0 Å². The number of hydrogen-bond acceptors (Lipinski definition) is 2. The van der Waals surface area contributed by atoms with Gasteiger partial charge < -0.3 is 4.84 Å². The van der Waals surface area contributed by atoms with E-state index >= 15 is 0 Å². The van der Waals surface area contributed by atoms with E-state index in [0.29, 0.717) is 5.41 Å². The Morgan fingerprint density at radius 1 is 1.53 bits per heavy atom. The first kappa shape index (κ1) is 10.5. The zero-order valence-electron chi connectivity index (χ0n) is 9.84. The summed E-state index contributed by atoms with van der Waals surface area (Å²) < 4.78 is 0. The molecule has 0 aromatic carbocycles. The lowest BCUT2D eigenvalue weighted by molar-refractivity contribution is 0.164. The van der Waals surface area contributed by atoms with E-state index < -0.39 is 0 Å². The Bertz CT molecular complexity index is 337. The van der Waals surface area contributed by atoms with Gasteiger partial charge in [-0.2, -0.15) is 0 Å². The molecule has 0 radical (unpaired) electrons. The van der Waals surface area contributed by atoms with Crippen molar-refractivity contribution in [2.75, 3.05) is 6.61 Å². The first-order valence-electron chi connectivity index (χ1n) is 5.65. The summed E-state index contributed by atoms with van der Waals surface area (Å²) in [5.41, 5.74) is 1.82. The molecule has 2 rings (SSSR count). The molecule has 0 aromatic heterocycles. The van der Waals surface area contributed by atoms with Gasteiger partial charge in [0.2, 0.25) is 0 Å². The zero-order chi connectivity index (χ0) is 11.1. The molecule has 0 spiro atoms. The van der Waals surface area contributed by atoms with Gasteiger partial charge in [-0.15, -0.1) is 6.42 Å². The van der Waals surface area contributed by atoms with Crippen molar-refractivity contribution in [1.29, 1.82) is 0 Å². The molecule has 0 aliphatic heterocycles. The van der Waals surface area contributed by atoms with E-state index in [-0.39, 0.29) is 12.0 Å². The van der Waals surface area contributed by atoms with Crippen LogP contribution in [0, 0.1) is 29.1 Å². The fraction of sp³-hybridized carbons (Fsp3) is 0.769. The van der Waals surface area contributed by atoms with Crippen LogP contribution in [0.5, 0.6) is 0 Å². The van der Waals surface area contributed by atoms with Crippen LogP contribution in [0.3, 0.4) is 0 Å². The first-order valence-corrected chi connectivity index (χ1v) is 5.65. The molecule has 2 fully saturated rings. The second kappa shape index (κ2) is 3.27. The van der Waals surface area contributed by atoms with Gasteiger partial charge in [0.15, 0.2) is 6.61 Å². The molecule has 82 valence electrons. The van der Waals surface area contributed by atoms with Gasteiger partial charge in [-0.05, 0) is 30.6 Å². The molecule has 2 nitrogen and oxygen atoms in total. The number of rotatable bonds is 2. The Kier molecular flexibility index (Phi) is 2.30. The number of hydrogen-bond donors (Lipinski definition) is 0. The smallest absolute Gasteiger partial charge is 0.177 e. The average Bonchev–Trinajstić information content (AvgIpc) is 2.51. The highest BCUT2D eigenvalue weighted by Gasteiger charge is 2.60. The van der Waals surface area contributed by atoms with Crippen molar-refractivity contribution >= 4 is 5.71 Å². The number of oxime groups is 1. The van der Waals surface area contributed by atoms with Gasteiger partial charge in [-0.3, -0.25) is 0 Å². The topological polar surface area (TPSA) is 21.6 Å². The summed E-state index contributed by atoms with van der Waals surface area (Å²) in [6.07, 6.45) is 8.79. The molecule has 0 N–H and O–H groups in total. The van der Waals surface area contributed by atoms with Crippen LogP contribution in [0.1, 0.15) is 40.0 Å². The van der Waals surface area contributed by atoms with Crippen molar-refractivity contribution in [3.63, 3.8) is 0 Å². The minimum absolute atomic E-state index is 0.228. The van der Waals surface area contributed by atoms with Crippen LogP contribution in [0.2, 0.25) is 0 Å². The van der Waals surface area contributed by atoms with E-state index in [2.05, 4.69) is 31.8 Å². The number of terminal acetylenes is 1. The molecule has 2 atom stereocenters. The van der Waals surface area contributed by atoms with Crippen LogP contribution in [0.15, 0.2) is 5.16 Å². The van der Waals surface area contributed by atoms with Crippen LogP contribution >= 0.6 is 0 Å². The van der Waals surface area contributed by atoms with Crippen molar-refractivity contribution in [3.8, 4) is 12.3 Å². The predicted octanol–water partition coefficient (Wildman–Crippen LogP) is 2.84. The summed E-state index contributed by atoms with van der Waals surface area (Å²) in [5.74, 6) is 3.21. The molecular formula is C13H19NO. The second-order valence-corrected chi connectivity index (χ2v) is 5.51. The minimum atomic E-state index is 0.228. The molecule has 15 heavy (non-hydrogen) atoms. The minimum Gasteiger partial charge on any atom is -0.383 e. The molecule has 2 unspecified atom stereocenters. The summed E-state index contributed by atoms with van der Waals surface area (Å²) in [5, 5.41) is 4.24. The lowest BCUT2D eigenvalue weighted by Gasteiger charge is -2.34. The summed E-state index contributed by atoms with van der Waals surface area (Å²) in [7, 11) is 0. The van der Waals surface area contributed by atoms with Gasteiger partial charge >= 0.3 is 0 Å². The van der Waals surface area contributed by atoms with Gasteiger partial charge in [0.25, 0.3) is 0 Å². The molecule has 2 saturated carbocycles. The third kappa shape index (κ3) is 1.29. The summed E-state index contributed by atoms with van der Waals surface area (Å²) in [6.45, 7) is 7.31. The quantitative estimate of drug-likeness (QED) is 0.386. The monoisotopic (exact) mass is 205 g/mol. The second-order valence-electron chi connectivity index (χ2n) is 5.51. The van der Waals surface area contributed by atoms with E-state index in [0.717, 1.165) is 12.3 Å². The van der Waals surface area contributed by atoms with Crippen molar-refractivity contribution < 1.29 is 4.84 Å². The van der Waals surface area contributed by atoms with E-state index in [1.165, 1.54) is 18.6 Å². The maximum absolute atomic E-state index is 5.13. The van der Waals surface area contributed by atoms with E-state index in [9.17, 15) is 0 Å². The molecule has 2 bridgehead atoms. The predicted molar refractivity (Wildman–Crippen MR) is 61.4 cm³/mol. The molecule has 0 aromatic rings. The largest absolute Gasteiger partial charge is 0.383 e. The van der Waals surface area contributed by atoms with E-state index in [1.807, 2.05) is 0 Å². The molecular weight excluding hydrogens is 186 g/mol. The molecule has 2 aliphatic carbocycles. The Morgan fingerprint density at radius 2 is 2.27 bits per heavy atom. The van der Waals surface area contributed by atoms with Crippen LogP contribution < -0.4 is 0 Å². The highest BCUT2D eigenvalue weighted by molar-refractivity contribution is 5.93. The van der Waals surface area contributed by atoms with Gasteiger partial charge in [-0.25, -0.2) is 0 Å². The molecule has 0 amide bonds. The van der Waals surface area contributed by atoms with Crippen LogP contribution in [-0.2, 0) is 4.84 Å². The van der Waals surface area contributed by atoms with E-state index in [1.54, 1.807) is 0 Å². The maximum Gasteiger partial charge on any atom is 0.177 e. The normalized spacial score (nSPS) is 39.3. The molecule has 2 heteroatoms. The fourth-order valence-electron chi connectivity index (χ4n) is 3.21. The fourth-order valence-corrected chi connectivity index (χ4v) is 3.21. The van der Waals surface area contributed by atoms with Gasteiger partial charge in [-0.1, -0.05) is 31.8 Å². The van der Waals surface area contributed by atoms with Crippen LogP contribution in [0.4, 0.5) is 0 Å².